The topological polar surface area (TPSA) is 83.9 Å². The van der Waals surface area contributed by atoms with Gasteiger partial charge in [-0.2, -0.15) is 15.8 Å². The molecule has 3 heterocycles. The fourth-order valence-corrected chi connectivity index (χ4v) is 10.4. The number of hydrogen-bond acceptors (Lipinski definition) is 4. The predicted octanol–water partition coefficient (Wildman–Crippen LogP) is 5.34. The van der Waals surface area contributed by atoms with Crippen molar-refractivity contribution in [3.8, 4) is 23.9 Å². The number of fused-ring (bicyclic) bond motifs is 7. The molecule has 0 bridgehead atoms. The third kappa shape index (κ3) is 3.15. The molecule has 1 aromatic heterocycles. The Morgan fingerprint density at radius 1 is 0.727 bits per heavy atom. The molecule has 8 heteroatoms. The first-order valence-electron chi connectivity index (χ1n) is 14.3. The highest BCUT2D eigenvalue weighted by atomic mass is 28.3. The summed E-state index contributed by atoms with van der Waals surface area (Å²) in [5.74, 6) is 0. The van der Waals surface area contributed by atoms with Crippen LogP contribution in [-0.4, -0.2) is 19.5 Å². The van der Waals surface area contributed by atoms with Crippen molar-refractivity contribution in [2.45, 2.75) is 13.1 Å². The minimum absolute atomic E-state index is 0.389. The first-order chi connectivity index (χ1) is 21.4. The maximum absolute atomic E-state index is 10.6. The summed E-state index contributed by atoms with van der Waals surface area (Å²) in [5.41, 5.74) is 8.47. The summed E-state index contributed by atoms with van der Waals surface area (Å²) < 4.78 is 2.33. The molecule has 0 radical (unpaired) electrons. The molecule has 0 N–H and O–H groups in total. The molecule has 0 spiro atoms. The van der Waals surface area contributed by atoms with E-state index in [-0.39, 0.29) is 6.85 Å². The lowest BCUT2D eigenvalue weighted by molar-refractivity contribution is 1.18. The molecule has 6 aromatic rings. The van der Waals surface area contributed by atoms with E-state index in [1.54, 1.807) is 12.1 Å². The van der Waals surface area contributed by atoms with Gasteiger partial charge in [0.05, 0.1) is 46.4 Å². The van der Waals surface area contributed by atoms with E-state index in [1.165, 1.54) is 0 Å². The molecule has 6 nitrogen and oxygen atoms in total. The quantitative estimate of drug-likeness (QED) is 0.195. The molecule has 0 fully saturated rings. The molecule has 0 aliphatic carbocycles. The summed E-state index contributed by atoms with van der Waals surface area (Å²) in [6, 6.07) is 37.4. The lowest BCUT2D eigenvalue weighted by Crippen LogP contribution is -2.67. The number of anilines is 2. The number of nitriles is 3. The Balaban J connectivity index is 1.59. The van der Waals surface area contributed by atoms with E-state index < -0.39 is 8.07 Å². The predicted molar refractivity (Wildman–Crippen MR) is 178 cm³/mol. The van der Waals surface area contributed by atoms with Crippen molar-refractivity contribution in [2.24, 2.45) is 0 Å². The Labute approximate surface area is 255 Å². The average molecular weight is 577 g/mol. The molecule has 44 heavy (non-hydrogen) atoms. The van der Waals surface area contributed by atoms with Crippen LogP contribution in [0.1, 0.15) is 16.7 Å². The normalized spacial score (nSPS) is 13.7. The number of rotatable bonds is 1. The molecule has 0 saturated heterocycles. The maximum Gasteiger partial charge on any atom is 0.332 e. The van der Waals surface area contributed by atoms with Gasteiger partial charge in [0.15, 0.2) is 5.69 Å². The molecule has 0 amide bonds. The Kier molecular flexibility index (Phi) is 5.23. The van der Waals surface area contributed by atoms with Crippen molar-refractivity contribution in [2.75, 3.05) is 4.81 Å². The van der Waals surface area contributed by atoms with Crippen molar-refractivity contribution < 1.29 is 0 Å². The monoisotopic (exact) mass is 576 g/mol. The molecule has 2 aliphatic heterocycles. The number of hydrogen-bond donors (Lipinski definition) is 0. The zero-order valence-electron chi connectivity index (χ0n) is 23.9. The molecule has 0 saturated carbocycles. The minimum Gasteiger partial charge on any atom is -0.375 e. The second-order valence-electron chi connectivity index (χ2n) is 11.8. The van der Waals surface area contributed by atoms with Crippen molar-refractivity contribution in [1.29, 1.82) is 15.8 Å². The minimum atomic E-state index is -2.62. The molecule has 0 atom stereocenters. The molecule has 2 aliphatic rings. The van der Waals surface area contributed by atoms with Crippen LogP contribution in [0, 0.1) is 40.6 Å². The number of nitrogens with zero attached hydrogens (tertiary/aromatic N) is 6. The smallest absolute Gasteiger partial charge is 0.332 e. The van der Waals surface area contributed by atoms with Gasteiger partial charge >= 0.3 is 6.85 Å². The van der Waals surface area contributed by atoms with E-state index in [1.807, 2.05) is 24.3 Å². The SMILES string of the molecule is [C-]#[N+]c1cc(C#N)c2c(c1)[Si](C)(C)c1cc(C#N)cc(C#N)c1N2B1c2ccccc2-n2c3ccccc3c3cccc1c32. The Morgan fingerprint density at radius 2 is 1.39 bits per heavy atom. The highest BCUT2D eigenvalue weighted by Gasteiger charge is 2.47. The lowest BCUT2D eigenvalue weighted by Gasteiger charge is -2.46. The second-order valence-corrected chi connectivity index (χ2v) is 16.1. The van der Waals surface area contributed by atoms with Crippen molar-refractivity contribution in [3.05, 3.63) is 119 Å². The summed E-state index contributed by atoms with van der Waals surface area (Å²) in [4.78, 5) is 5.90. The van der Waals surface area contributed by atoms with Crippen LogP contribution in [0.15, 0.2) is 91.0 Å². The van der Waals surface area contributed by atoms with Gasteiger partial charge in [0, 0.05) is 27.8 Å². The fraction of sp³-hybridized carbons (Fsp3) is 0.0556. The highest BCUT2D eigenvalue weighted by Crippen LogP contribution is 2.41. The van der Waals surface area contributed by atoms with Gasteiger partial charge in [0.1, 0.15) is 14.1 Å². The van der Waals surface area contributed by atoms with Gasteiger partial charge in [-0.1, -0.05) is 73.8 Å². The summed E-state index contributed by atoms with van der Waals surface area (Å²) >= 11 is 0. The molecular weight excluding hydrogens is 555 g/mol. The van der Waals surface area contributed by atoms with Crippen molar-refractivity contribution in [3.63, 3.8) is 0 Å². The van der Waals surface area contributed by atoms with Gasteiger partial charge in [0.25, 0.3) is 0 Å². The van der Waals surface area contributed by atoms with Crippen molar-refractivity contribution in [1.82, 2.24) is 4.57 Å². The van der Waals surface area contributed by atoms with E-state index in [2.05, 4.69) is 100 Å². The number of benzene rings is 5. The van der Waals surface area contributed by atoms with Gasteiger partial charge in [-0.25, -0.2) is 4.85 Å². The summed E-state index contributed by atoms with van der Waals surface area (Å²) in [7, 11) is -2.62. The van der Waals surface area contributed by atoms with Crippen LogP contribution in [0.3, 0.4) is 0 Å². The molecule has 8 rings (SSSR count). The van der Waals surface area contributed by atoms with Gasteiger partial charge in [-0.15, -0.1) is 0 Å². The van der Waals surface area contributed by atoms with Crippen LogP contribution >= 0.6 is 0 Å². The first-order valence-corrected chi connectivity index (χ1v) is 17.3. The molecule has 0 unspecified atom stereocenters. The summed E-state index contributed by atoms with van der Waals surface area (Å²) in [6.45, 7) is 11.8. The highest BCUT2D eigenvalue weighted by molar-refractivity contribution is 7.04. The Morgan fingerprint density at radius 3 is 2.14 bits per heavy atom. The van der Waals surface area contributed by atoms with Crippen LogP contribution in [0.4, 0.5) is 17.1 Å². The van der Waals surface area contributed by atoms with E-state index in [0.29, 0.717) is 22.4 Å². The van der Waals surface area contributed by atoms with Gasteiger partial charge < -0.3 is 9.38 Å². The third-order valence-corrected chi connectivity index (χ3v) is 12.7. The van der Waals surface area contributed by atoms with Gasteiger partial charge in [-0.3, -0.25) is 0 Å². The van der Waals surface area contributed by atoms with Crippen molar-refractivity contribution >= 4 is 75.1 Å². The maximum atomic E-state index is 10.6. The summed E-state index contributed by atoms with van der Waals surface area (Å²) in [6.07, 6.45) is 0. The zero-order chi connectivity index (χ0) is 30.3. The van der Waals surface area contributed by atoms with E-state index in [0.717, 1.165) is 60.2 Å². The fourth-order valence-electron chi connectivity index (χ4n) is 7.42. The van der Waals surface area contributed by atoms with Crippen LogP contribution < -0.4 is 26.1 Å². The first kappa shape index (κ1) is 25.6. The van der Waals surface area contributed by atoms with Gasteiger partial charge in [0.2, 0.25) is 0 Å². The van der Waals surface area contributed by atoms with Crippen LogP contribution in [0.25, 0.3) is 32.3 Å². The zero-order valence-corrected chi connectivity index (χ0v) is 24.9. The number of aromatic nitrogens is 1. The Bertz CT molecular complexity index is 2360. The number of para-hydroxylation sites is 3. The Hall–Kier alpha value is -6.06. The van der Waals surface area contributed by atoms with E-state index in [4.69, 9.17) is 6.57 Å². The largest absolute Gasteiger partial charge is 0.375 e. The van der Waals surface area contributed by atoms with Crippen LogP contribution in [-0.2, 0) is 0 Å². The van der Waals surface area contributed by atoms with E-state index in [9.17, 15) is 15.8 Å². The van der Waals surface area contributed by atoms with E-state index >= 15 is 0 Å². The molecule has 5 aromatic carbocycles. The van der Waals surface area contributed by atoms with Crippen LogP contribution in [0.5, 0.6) is 0 Å². The van der Waals surface area contributed by atoms with Gasteiger partial charge in [-0.05, 0) is 51.6 Å². The standard InChI is InChI=1S/C36H21BN6Si/c1-41-25-17-24(21-40)35-33(18-25)44(2,3)32-16-22(19-38)15-23(20-39)34(32)43(35)37-28-11-5-7-14-31(28)42-30-13-6-4-9-26(30)27-10-8-12-29(37)36(27)42/h4-18H,2-3H3. The summed E-state index contributed by atoms with van der Waals surface area (Å²) in [5, 5.41) is 35.3. The molecule has 202 valence electrons. The average Bonchev–Trinajstić information content (AvgIpc) is 3.40. The van der Waals surface area contributed by atoms with Crippen LogP contribution in [0.2, 0.25) is 13.1 Å². The lowest BCUT2D eigenvalue weighted by atomic mass is 9.46. The molecular formula is C36H21BN6Si. The third-order valence-electron chi connectivity index (χ3n) is 9.28. The second kappa shape index (κ2) is 8.97.